The summed E-state index contributed by atoms with van der Waals surface area (Å²) in [6.07, 6.45) is 9.17. The number of nitrogens with zero attached hydrogens (tertiary/aromatic N) is 1. The van der Waals surface area contributed by atoms with Gasteiger partial charge >= 0.3 is 0 Å². The Hall–Kier alpha value is -2.14. The van der Waals surface area contributed by atoms with Gasteiger partial charge in [0.05, 0.1) is 12.5 Å². The smallest absolute Gasteiger partial charge is 0.252 e. The number of carbonyl (C=O) groups is 2. The molecule has 2 bridgehead atoms. The highest BCUT2D eigenvalue weighted by molar-refractivity contribution is 5.99. The van der Waals surface area contributed by atoms with Gasteiger partial charge in [-0.15, -0.1) is 6.58 Å². The molecule has 0 radical (unpaired) electrons. The first kappa shape index (κ1) is 18.2. The van der Waals surface area contributed by atoms with Crippen LogP contribution in [0.5, 0.6) is 0 Å². The summed E-state index contributed by atoms with van der Waals surface area (Å²) in [4.78, 5) is 27.4. The van der Waals surface area contributed by atoms with Gasteiger partial charge in [-0.1, -0.05) is 30.7 Å². The van der Waals surface area contributed by atoms with Crippen molar-refractivity contribution in [3.8, 4) is 0 Å². The Morgan fingerprint density at radius 3 is 2.74 bits per heavy atom. The fourth-order valence-electron chi connectivity index (χ4n) is 5.16. The van der Waals surface area contributed by atoms with Crippen molar-refractivity contribution in [2.75, 3.05) is 6.54 Å². The summed E-state index contributed by atoms with van der Waals surface area (Å²) in [5.41, 5.74) is 1.63. The summed E-state index contributed by atoms with van der Waals surface area (Å²) in [6, 6.07) is 8.74. The lowest BCUT2D eigenvalue weighted by atomic mass is 9.81. The number of amides is 2. The zero-order valence-electron chi connectivity index (χ0n) is 15.8. The number of carbonyl (C=O) groups excluding carboxylic acids is 2. The largest absolute Gasteiger partial charge is 0.353 e. The zero-order valence-corrected chi connectivity index (χ0v) is 15.8. The van der Waals surface area contributed by atoms with Crippen molar-refractivity contribution in [2.24, 2.45) is 0 Å². The van der Waals surface area contributed by atoms with E-state index in [0.29, 0.717) is 24.1 Å². The molecule has 2 saturated heterocycles. The summed E-state index contributed by atoms with van der Waals surface area (Å²) in [7, 11) is 0. The van der Waals surface area contributed by atoms with Crippen LogP contribution >= 0.6 is 0 Å². The highest BCUT2D eigenvalue weighted by atomic mass is 16.2. The van der Waals surface area contributed by atoms with Crippen LogP contribution in [0.25, 0.3) is 0 Å². The maximum atomic E-state index is 12.7. The van der Waals surface area contributed by atoms with Crippen LogP contribution in [0.15, 0.2) is 36.9 Å². The van der Waals surface area contributed by atoms with Crippen LogP contribution in [0.2, 0.25) is 0 Å². The molecule has 2 fully saturated rings. The van der Waals surface area contributed by atoms with E-state index in [0.717, 1.165) is 31.4 Å². The molecule has 0 spiro atoms. The maximum Gasteiger partial charge on any atom is 0.252 e. The second kappa shape index (κ2) is 7.85. The van der Waals surface area contributed by atoms with Crippen LogP contribution in [0, 0.1) is 0 Å². The molecule has 3 aliphatic rings. The van der Waals surface area contributed by atoms with Crippen molar-refractivity contribution in [1.82, 2.24) is 15.5 Å². The second-order valence-corrected chi connectivity index (χ2v) is 8.11. The molecule has 5 heteroatoms. The molecule has 0 aromatic heterocycles. The Bertz CT molecular complexity index is 718. The molecule has 144 valence electrons. The fraction of sp³-hybridized carbons (Fsp3) is 0.545. The van der Waals surface area contributed by atoms with Crippen molar-refractivity contribution >= 4 is 11.8 Å². The molecule has 1 aromatic carbocycles. The van der Waals surface area contributed by atoms with Gasteiger partial charge in [0.1, 0.15) is 0 Å². The van der Waals surface area contributed by atoms with Crippen LogP contribution in [0.3, 0.4) is 0 Å². The number of nitrogens with one attached hydrogen (secondary N) is 2. The molecule has 2 amide bonds. The lowest BCUT2D eigenvalue weighted by Gasteiger charge is -2.49. The average molecular weight is 367 g/mol. The molecule has 2 N–H and O–H groups in total. The topological polar surface area (TPSA) is 61.4 Å². The molecule has 5 nitrogen and oxygen atoms in total. The maximum absolute atomic E-state index is 12.7. The normalized spacial score (nSPS) is 29.7. The van der Waals surface area contributed by atoms with Gasteiger partial charge in [0, 0.05) is 30.2 Å². The Morgan fingerprint density at radius 1 is 1.26 bits per heavy atom. The fourth-order valence-corrected chi connectivity index (χ4v) is 5.16. The first-order valence-corrected chi connectivity index (χ1v) is 10.2. The summed E-state index contributed by atoms with van der Waals surface area (Å²) >= 11 is 0. The van der Waals surface area contributed by atoms with E-state index in [-0.39, 0.29) is 23.9 Å². The van der Waals surface area contributed by atoms with Crippen LogP contribution in [-0.4, -0.2) is 41.4 Å². The van der Waals surface area contributed by atoms with Gasteiger partial charge in [-0.3, -0.25) is 14.5 Å². The first-order chi connectivity index (χ1) is 13.2. The quantitative estimate of drug-likeness (QED) is 0.760. The Labute approximate surface area is 161 Å². The van der Waals surface area contributed by atoms with E-state index in [2.05, 4.69) is 22.1 Å². The highest BCUT2D eigenvalue weighted by Gasteiger charge is 2.38. The third-order valence-electron chi connectivity index (χ3n) is 6.36. The van der Waals surface area contributed by atoms with Crippen molar-refractivity contribution in [1.29, 1.82) is 0 Å². The third-order valence-corrected chi connectivity index (χ3v) is 6.36. The molecule has 2 unspecified atom stereocenters. The van der Waals surface area contributed by atoms with Crippen LogP contribution in [0.4, 0.5) is 0 Å². The first-order valence-electron chi connectivity index (χ1n) is 10.2. The number of hydrogen-bond donors (Lipinski definition) is 2. The molecular weight excluding hydrogens is 338 g/mol. The zero-order chi connectivity index (χ0) is 18.8. The monoisotopic (exact) mass is 367 g/mol. The van der Waals surface area contributed by atoms with Crippen molar-refractivity contribution in [3.63, 3.8) is 0 Å². The molecule has 3 heterocycles. The SMILES string of the molecule is C=CCCN1[C@@H]2CCC[C@H]1CC(NC(=O)CC1NC(=O)c3ccccc31)C2. The summed E-state index contributed by atoms with van der Waals surface area (Å²) in [6.45, 7) is 4.94. The standard InChI is InChI=1S/C22H29N3O2/c1-2-3-11-25-16-7-6-8-17(25)13-15(12-16)23-21(26)14-20-18-9-4-5-10-19(18)22(27)24-20/h2,4-5,9-10,15-17,20H,1,3,6-8,11-14H2,(H,23,26)(H,24,27)/t15?,16-,17+,20?. The number of rotatable bonds is 6. The van der Waals surface area contributed by atoms with Crippen molar-refractivity contribution in [3.05, 3.63) is 48.0 Å². The summed E-state index contributed by atoms with van der Waals surface area (Å²) in [5.74, 6) is -0.0342. The van der Waals surface area contributed by atoms with E-state index in [1.165, 1.54) is 19.3 Å². The van der Waals surface area contributed by atoms with E-state index in [9.17, 15) is 9.59 Å². The minimum atomic E-state index is -0.208. The Morgan fingerprint density at radius 2 is 2.00 bits per heavy atom. The van der Waals surface area contributed by atoms with Crippen LogP contribution in [-0.2, 0) is 4.79 Å². The second-order valence-electron chi connectivity index (χ2n) is 8.11. The Kier molecular flexibility index (Phi) is 5.30. The molecule has 3 aliphatic heterocycles. The highest BCUT2D eigenvalue weighted by Crippen LogP contribution is 2.34. The van der Waals surface area contributed by atoms with Gasteiger partial charge in [0.2, 0.25) is 5.91 Å². The summed E-state index contributed by atoms with van der Waals surface area (Å²) in [5, 5.41) is 6.20. The van der Waals surface area contributed by atoms with Gasteiger partial charge in [-0.05, 0) is 43.7 Å². The average Bonchev–Trinajstić information content (AvgIpc) is 2.96. The number of fused-ring (bicyclic) bond motifs is 3. The minimum absolute atomic E-state index is 0.0413. The van der Waals surface area contributed by atoms with Gasteiger partial charge in [0.25, 0.3) is 5.91 Å². The minimum Gasteiger partial charge on any atom is -0.353 e. The molecule has 0 aliphatic carbocycles. The van der Waals surface area contributed by atoms with Gasteiger partial charge < -0.3 is 10.6 Å². The van der Waals surface area contributed by atoms with E-state index in [4.69, 9.17) is 0 Å². The lowest BCUT2D eigenvalue weighted by molar-refractivity contribution is -0.123. The molecule has 4 atom stereocenters. The molecule has 4 rings (SSSR count). The number of hydrogen-bond acceptors (Lipinski definition) is 3. The Balaban J connectivity index is 1.34. The van der Waals surface area contributed by atoms with Crippen molar-refractivity contribution < 1.29 is 9.59 Å². The van der Waals surface area contributed by atoms with Gasteiger partial charge in [-0.2, -0.15) is 0 Å². The van der Waals surface area contributed by atoms with E-state index in [1.54, 1.807) is 0 Å². The molecular formula is C22H29N3O2. The predicted octanol–water partition coefficient (Wildman–Crippen LogP) is 2.94. The van der Waals surface area contributed by atoms with Gasteiger partial charge in [0.15, 0.2) is 0 Å². The summed E-state index contributed by atoms with van der Waals surface area (Å²) < 4.78 is 0. The number of benzene rings is 1. The molecule has 1 aromatic rings. The molecule has 27 heavy (non-hydrogen) atoms. The third kappa shape index (κ3) is 3.79. The van der Waals surface area contributed by atoms with E-state index >= 15 is 0 Å². The van der Waals surface area contributed by atoms with Gasteiger partial charge in [-0.25, -0.2) is 0 Å². The predicted molar refractivity (Wildman–Crippen MR) is 105 cm³/mol. The van der Waals surface area contributed by atoms with E-state index in [1.807, 2.05) is 30.3 Å². The lowest BCUT2D eigenvalue weighted by Crippen LogP contribution is -2.57. The van der Waals surface area contributed by atoms with E-state index < -0.39 is 0 Å². The van der Waals surface area contributed by atoms with Crippen LogP contribution in [0.1, 0.15) is 66.9 Å². The molecule has 0 saturated carbocycles. The van der Waals surface area contributed by atoms with Crippen LogP contribution < -0.4 is 10.6 Å². The van der Waals surface area contributed by atoms with Crippen molar-refractivity contribution in [2.45, 2.75) is 69.1 Å². The number of piperidine rings is 2.